The molecular weight excluding hydrogens is 327 g/mol. The van der Waals surface area contributed by atoms with E-state index < -0.39 is 52.8 Å². The van der Waals surface area contributed by atoms with Crippen LogP contribution in [0.3, 0.4) is 0 Å². The second-order valence-electron chi connectivity index (χ2n) is 3.54. The van der Waals surface area contributed by atoms with E-state index in [1.807, 2.05) is 0 Å². The highest BCUT2D eigenvalue weighted by Crippen LogP contribution is 2.48. The van der Waals surface area contributed by atoms with E-state index in [1.165, 1.54) is 0 Å². The summed E-state index contributed by atoms with van der Waals surface area (Å²) in [7, 11) is -4.97. The Kier molecular flexibility index (Phi) is 5.40. The summed E-state index contributed by atoms with van der Waals surface area (Å²) in [6.45, 7) is -1.28. The highest BCUT2D eigenvalue weighted by Gasteiger charge is 2.72. The highest BCUT2D eigenvalue weighted by molar-refractivity contribution is 7.86. The number of primary amides is 1. The molecule has 120 valence electrons. The molecule has 0 fully saturated rings. The first kappa shape index (κ1) is 18.9. The molecule has 0 radical (unpaired) electrons. The van der Waals surface area contributed by atoms with Crippen LogP contribution in [0.5, 0.6) is 0 Å². The summed E-state index contributed by atoms with van der Waals surface area (Å²) in [5, 5.41) is 0. The molecule has 0 aliphatic heterocycles. The molecule has 0 spiro atoms. The van der Waals surface area contributed by atoms with Crippen LogP contribution in [0.25, 0.3) is 0 Å². The van der Waals surface area contributed by atoms with Gasteiger partial charge in [-0.1, -0.05) is 0 Å². The Morgan fingerprint density at radius 1 is 1.00 bits per heavy atom. The molecule has 1 amide bonds. The van der Waals surface area contributed by atoms with Crippen LogP contribution in [0.2, 0.25) is 0 Å². The number of carbonyl (C=O) groups is 1. The molecule has 0 saturated carbocycles. The van der Waals surface area contributed by atoms with Gasteiger partial charge in [0.2, 0.25) is 5.91 Å². The quantitative estimate of drug-likeness (QED) is 0.580. The fraction of sp³-hybridized carbons (Fsp3) is 0.857. The lowest BCUT2D eigenvalue weighted by Gasteiger charge is -2.29. The predicted molar refractivity (Wildman–Crippen MR) is 49.5 cm³/mol. The Labute approximate surface area is 108 Å². The van der Waals surface area contributed by atoms with Gasteiger partial charge in [0.15, 0.2) is 0 Å². The van der Waals surface area contributed by atoms with E-state index >= 15 is 0 Å². The van der Waals surface area contributed by atoms with Crippen molar-refractivity contribution >= 4 is 16.0 Å². The molecule has 0 aliphatic carbocycles. The molecule has 0 rings (SSSR count). The smallest absolute Gasteiger partial charge is 0.368 e. The van der Waals surface area contributed by atoms with Crippen molar-refractivity contribution in [3.63, 3.8) is 0 Å². The van der Waals surface area contributed by atoms with E-state index in [2.05, 4.69) is 9.92 Å². The molecule has 2 N–H and O–H groups in total. The van der Waals surface area contributed by atoms with Gasteiger partial charge in [0.25, 0.3) is 15.8 Å². The van der Waals surface area contributed by atoms with Crippen LogP contribution in [0.4, 0.5) is 30.7 Å². The van der Waals surface area contributed by atoms with Gasteiger partial charge in [-0.15, -0.1) is 0 Å². The van der Waals surface area contributed by atoms with Crippen LogP contribution in [-0.2, 0) is 19.1 Å². The van der Waals surface area contributed by atoms with E-state index in [4.69, 9.17) is 0 Å². The monoisotopic (exact) mass is 335 g/mol. The van der Waals surface area contributed by atoms with Gasteiger partial charge >= 0.3 is 12.4 Å². The Morgan fingerprint density at radius 3 is 1.70 bits per heavy atom. The molecule has 0 aromatic heterocycles. The third kappa shape index (κ3) is 4.77. The van der Waals surface area contributed by atoms with E-state index in [0.29, 0.717) is 0 Å². The number of hydrogen-bond acceptors (Lipinski definition) is 4. The maximum Gasteiger partial charge on any atom is 0.431 e. The molecule has 0 heterocycles. The molecule has 5 nitrogen and oxygen atoms in total. The second-order valence-corrected chi connectivity index (χ2v) is 5.30. The lowest BCUT2D eigenvalue weighted by atomic mass is 10.0. The highest BCUT2D eigenvalue weighted by atomic mass is 32.2. The average Bonchev–Trinajstić information content (AvgIpc) is 2.20. The van der Waals surface area contributed by atoms with Crippen LogP contribution in [0.1, 0.15) is 6.42 Å². The third-order valence-electron chi connectivity index (χ3n) is 1.98. The maximum atomic E-state index is 13.1. The van der Waals surface area contributed by atoms with Crippen molar-refractivity contribution in [1.29, 1.82) is 0 Å². The van der Waals surface area contributed by atoms with Gasteiger partial charge in [0.1, 0.15) is 6.61 Å². The summed E-state index contributed by atoms with van der Waals surface area (Å²) in [5.74, 6) is -3.26. The Morgan fingerprint density at radius 2 is 1.40 bits per heavy atom. The molecule has 0 saturated heterocycles. The first-order chi connectivity index (χ1) is 8.62. The van der Waals surface area contributed by atoms with Gasteiger partial charge in [-0.25, -0.2) is 4.39 Å². The second kappa shape index (κ2) is 5.71. The largest absolute Gasteiger partial charge is 0.431 e. The molecule has 0 unspecified atom stereocenters. The Hall–Kier alpha value is -1.11. The fourth-order valence-electron chi connectivity index (χ4n) is 0.917. The summed E-state index contributed by atoms with van der Waals surface area (Å²) in [4.78, 5) is 10.2. The summed E-state index contributed by atoms with van der Waals surface area (Å²) in [5.41, 5.74) is -1.25. The lowest BCUT2D eigenvalue weighted by Crippen LogP contribution is -2.54. The van der Waals surface area contributed by atoms with Gasteiger partial charge in [-0.2, -0.15) is 34.8 Å². The van der Waals surface area contributed by atoms with Crippen molar-refractivity contribution < 1.29 is 48.1 Å². The van der Waals surface area contributed by atoms with Crippen molar-refractivity contribution in [2.75, 3.05) is 12.4 Å². The van der Waals surface area contributed by atoms with Crippen LogP contribution < -0.4 is 5.73 Å². The van der Waals surface area contributed by atoms with Crippen LogP contribution in [0.15, 0.2) is 0 Å². The standard InChI is InChI=1S/C7H8F7NO4S/c8-5(6(9,10)11,7(12,13)14)1-2-20(17,18)19-3-4(15)16/h1-3H2,(H2,15,16). The molecule has 0 aromatic rings. The van der Waals surface area contributed by atoms with Crippen LogP contribution in [-0.4, -0.2) is 44.7 Å². The SMILES string of the molecule is NC(=O)COS(=O)(=O)CCC(F)(C(F)(F)F)C(F)(F)F. The van der Waals surface area contributed by atoms with E-state index in [-0.39, 0.29) is 0 Å². The van der Waals surface area contributed by atoms with Crippen LogP contribution >= 0.6 is 0 Å². The maximum absolute atomic E-state index is 13.1. The number of amides is 1. The predicted octanol–water partition coefficient (Wildman–Crippen LogP) is 1.04. The van der Waals surface area contributed by atoms with E-state index in [1.54, 1.807) is 0 Å². The zero-order valence-corrected chi connectivity index (χ0v) is 10.2. The molecule has 0 aromatic carbocycles. The number of carbonyl (C=O) groups excluding carboxylic acids is 1. The zero-order valence-electron chi connectivity index (χ0n) is 9.39. The van der Waals surface area contributed by atoms with Gasteiger partial charge < -0.3 is 5.73 Å². The summed E-state index contributed by atoms with van der Waals surface area (Å²) in [6.07, 6.45) is -15.2. The average molecular weight is 335 g/mol. The van der Waals surface area contributed by atoms with E-state index in [9.17, 15) is 43.9 Å². The number of alkyl halides is 7. The van der Waals surface area contributed by atoms with E-state index in [0.717, 1.165) is 0 Å². The minimum absolute atomic E-state index is 1.28. The van der Waals surface area contributed by atoms with Gasteiger partial charge in [-0.3, -0.25) is 8.98 Å². The Bertz CT molecular complexity index is 441. The lowest BCUT2D eigenvalue weighted by molar-refractivity contribution is -0.341. The number of nitrogens with two attached hydrogens (primary N) is 1. The van der Waals surface area contributed by atoms with Gasteiger partial charge in [-0.05, 0) is 0 Å². The van der Waals surface area contributed by atoms with Crippen LogP contribution in [0, 0.1) is 0 Å². The fourth-order valence-corrected chi connectivity index (χ4v) is 1.86. The number of hydrogen-bond donors (Lipinski definition) is 1. The minimum atomic E-state index is -6.36. The minimum Gasteiger partial charge on any atom is -0.368 e. The van der Waals surface area contributed by atoms with Crippen molar-refractivity contribution in [2.45, 2.75) is 24.4 Å². The molecular formula is C7H8F7NO4S. The Balaban J connectivity index is 5.03. The number of halogens is 7. The normalized spacial score (nSPS) is 14.3. The molecule has 13 heteroatoms. The van der Waals surface area contributed by atoms with Gasteiger partial charge in [0, 0.05) is 6.42 Å². The first-order valence-electron chi connectivity index (χ1n) is 4.60. The summed E-state index contributed by atoms with van der Waals surface area (Å²) in [6, 6.07) is 0. The molecule has 0 aliphatic rings. The molecule has 0 atom stereocenters. The van der Waals surface area contributed by atoms with Crippen molar-refractivity contribution in [1.82, 2.24) is 0 Å². The van der Waals surface area contributed by atoms with Crippen molar-refractivity contribution in [3.8, 4) is 0 Å². The zero-order chi connectivity index (χ0) is 16.4. The summed E-state index contributed by atoms with van der Waals surface area (Å²) >= 11 is 0. The number of rotatable bonds is 6. The topological polar surface area (TPSA) is 86.5 Å². The van der Waals surface area contributed by atoms with Crippen molar-refractivity contribution in [3.05, 3.63) is 0 Å². The molecule has 20 heavy (non-hydrogen) atoms. The molecule has 0 bridgehead atoms. The van der Waals surface area contributed by atoms with Gasteiger partial charge in [0.05, 0.1) is 5.75 Å². The third-order valence-corrected chi connectivity index (χ3v) is 3.16. The first-order valence-corrected chi connectivity index (χ1v) is 6.18. The van der Waals surface area contributed by atoms with Crippen molar-refractivity contribution in [2.24, 2.45) is 5.73 Å². The summed E-state index contributed by atoms with van der Waals surface area (Å²) < 4.78 is 111.